The molecule has 0 aliphatic carbocycles. The Bertz CT molecular complexity index is 886. The maximum absolute atomic E-state index is 13.6. The second-order valence-corrected chi connectivity index (χ2v) is 4.87. The average Bonchev–Trinajstić information content (AvgIpc) is 2.75. The van der Waals surface area contributed by atoms with Crippen LogP contribution in [0.15, 0.2) is 29.1 Å². The molecule has 0 bridgehead atoms. The average molecular weight is 348 g/mol. The zero-order valence-electron chi connectivity index (χ0n) is 10.7. The van der Waals surface area contributed by atoms with Gasteiger partial charge in [-0.1, -0.05) is 6.07 Å². The van der Waals surface area contributed by atoms with Crippen molar-refractivity contribution in [2.24, 2.45) is 7.05 Å². The summed E-state index contributed by atoms with van der Waals surface area (Å²) in [6.07, 6.45) is 1.32. The van der Waals surface area contributed by atoms with Gasteiger partial charge in [0.1, 0.15) is 39.5 Å². The number of benzene rings is 1. The summed E-state index contributed by atoms with van der Waals surface area (Å²) in [7, 11) is 1.73. The Morgan fingerprint density at radius 1 is 1.38 bits per heavy atom. The maximum Gasteiger partial charge on any atom is 0.234 e. The third-order valence-corrected chi connectivity index (χ3v) is 3.39. The lowest BCUT2D eigenvalue weighted by atomic mass is 10.2. The van der Waals surface area contributed by atoms with Crippen LogP contribution in [-0.2, 0) is 7.05 Å². The van der Waals surface area contributed by atoms with Gasteiger partial charge < -0.3 is 4.74 Å². The Labute approximate surface area is 126 Å². The maximum atomic E-state index is 13.6. The Morgan fingerprint density at radius 2 is 2.19 bits per heavy atom. The molecule has 1 aromatic carbocycles. The van der Waals surface area contributed by atoms with Crippen molar-refractivity contribution in [1.29, 1.82) is 5.26 Å². The molecule has 2 heterocycles. The van der Waals surface area contributed by atoms with Crippen LogP contribution in [0.2, 0.25) is 0 Å². The lowest BCUT2D eigenvalue weighted by Gasteiger charge is -2.07. The highest BCUT2D eigenvalue weighted by molar-refractivity contribution is 9.10. The number of rotatable bonds is 2. The van der Waals surface area contributed by atoms with E-state index in [9.17, 15) is 4.39 Å². The zero-order chi connectivity index (χ0) is 15.0. The fourth-order valence-corrected chi connectivity index (χ4v) is 2.48. The summed E-state index contributed by atoms with van der Waals surface area (Å²) in [5.74, 6) is -0.360. The Balaban J connectivity index is 2.16. The minimum atomic E-state index is -0.648. The second-order valence-electron chi connectivity index (χ2n) is 4.12. The van der Waals surface area contributed by atoms with Crippen molar-refractivity contribution in [3.63, 3.8) is 0 Å². The molecule has 0 atom stereocenters. The van der Waals surface area contributed by atoms with Crippen LogP contribution < -0.4 is 4.74 Å². The van der Waals surface area contributed by atoms with Crippen LogP contribution in [0.5, 0.6) is 11.6 Å². The number of nitrogens with zero attached hydrogens (tertiary/aromatic N) is 5. The number of nitriles is 1. The Hall–Kier alpha value is -2.53. The molecular formula is C13H7BrFN5O. The molecular weight excluding hydrogens is 341 g/mol. The van der Waals surface area contributed by atoms with Gasteiger partial charge in [-0.2, -0.15) is 10.4 Å². The van der Waals surface area contributed by atoms with Gasteiger partial charge >= 0.3 is 0 Å². The molecule has 0 amide bonds. The van der Waals surface area contributed by atoms with Crippen LogP contribution in [0.1, 0.15) is 5.56 Å². The summed E-state index contributed by atoms with van der Waals surface area (Å²) in [5.41, 5.74) is 0.381. The minimum Gasteiger partial charge on any atom is -0.437 e. The largest absolute Gasteiger partial charge is 0.437 e. The third kappa shape index (κ3) is 2.21. The highest BCUT2D eigenvalue weighted by Crippen LogP contribution is 2.33. The number of aryl methyl sites for hydroxylation is 1. The molecule has 3 rings (SSSR count). The normalized spacial score (nSPS) is 10.6. The lowest BCUT2D eigenvalue weighted by Crippen LogP contribution is -1.96. The standard InChI is InChI=1S/C13H7BrFN5O/c1-20-12-10(11(14)19-20)13(18-6-17-12)21-9-4-2-3-8(15)7(9)5-16/h2-4,6H,1H3. The Kier molecular flexibility index (Phi) is 3.27. The van der Waals surface area contributed by atoms with Gasteiger partial charge in [-0.15, -0.1) is 0 Å². The summed E-state index contributed by atoms with van der Waals surface area (Å²) in [6, 6.07) is 5.93. The van der Waals surface area contributed by atoms with Gasteiger partial charge in [-0.05, 0) is 28.1 Å². The van der Waals surface area contributed by atoms with E-state index in [0.717, 1.165) is 0 Å². The first kappa shape index (κ1) is 13.5. The van der Waals surface area contributed by atoms with Crippen LogP contribution in [0.4, 0.5) is 4.39 Å². The molecule has 0 aliphatic rings. The molecule has 21 heavy (non-hydrogen) atoms. The smallest absolute Gasteiger partial charge is 0.234 e. The molecule has 2 aromatic heterocycles. The van der Waals surface area contributed by atoms with Crippen LogP contribution in [0.3, 0.4) is 0 Å². The van der Waals surface area contributed by atoms with Gasteiger partial charge in [-0.25, -0.2) is 19.0 Å². The summed E-state index contributed by atoms with van der Waals surface area (Å²) in [4.78, 5) is 8.14. The van der Waals surface area contributed by atoms with Gasteiger partial charge in [0.2, 0.25) is 5.88 Å². The van der Waals surface area contributed by atoms with Crippen LogP contribution >= 0.6 is 15.9 Å². The number of ether oxygens (including phenoxy) is 1. The fraction of sp³-hybridized carbons (Fsp3) is 0.0769. The van der Waals surface area contributed by atoms with Gasteiger partial charge in [-0.3, -0.25) is 0 Å². The van der Waals surface area contributed by atoms with Crippen molar-refractivity contribution in [3.05, 3.63) is 40.5 Å². The van der Waals surface area contributed by atoms with Crippen molar-refractivity contribution in [2.75, 3.05) is 0 Å². The summed E-state index contributed by atoms with van der Waals surface area (Å²) in [6.45, 7) is 0. The van der Waals surface area contributed by atoms with Crippen LogP contribution in [0, 0.1) is 17.1 Å². The van der Waals surface area contributed by atoms with E-state index < -0.39 is 5.82 Å². The molecule has 0 N–H and O–H groups in total. The lowest BCUT2D eigenvalue weighted by molar-refractivity contribution is 0.461. The molecule has 8 heteroatoms. The SMILES string of the molecule is Cn1nc(Br)c2c(Oc3cccc(F)c3C#N)ncnc21. The first-order chi connectivity index (χ1) is 10.1. The zero-order valence-corrected chi connectivity index (χ0v) is 12.3. The van der Waals surface area contributed by atoms with Gasteiger partial charge in [0.05, 0.1) is 0 Å². The van der Waals surface area contributed by atoms with Crippen molar-refractivity contribution in [3.8, 4) is 17.7 Å². The van der Waals surface area contributed by atoms with E-state index >= 15 is 0 Å². The minimum absolute atomic E-state index is 0.0910. The number of hydrogen-bond donors (Lipinski definition) is 0. The van der Waals surface area contributed by atoms with Crippen molar-refractivity contribution in [2.45, 2.75) is 0 Å². The molecule has 104 valence electrons. The molecule has 0 saturated carbocycles. The quantitative estimate of drug-likeness (QED) is 0.712. The fourth-order valence-electron chi connectivity index (χ4n) is 1.90. The Morgan fingerprint density at radius 3 is 2.95 bits per heavy atom. The van der Waals surface area contributed by atoms with Gasteiger partial charge in [0.25, 0.3) is 0 Å². The molecule has 0 spiro atoms. The number of fused-ring (bicyclic) bond motifs is 1. The van der Waals surface area contributed by atoms with E-state index in [1.54, 1.807) is 17.8 Å². The van der Waals surface area contributed by atoms with Gasteiger partial charge in [0.15, 0.2) is 5.65 Å². The predicted octanol–water partition coefficient (Wildman–Crippen LogP) is 2.93. The van der Waals surface area contributed by atoms with E-state index in [1.165, 1.54) is 24.5 Å². The number of aromatic nitrogens is 4. The third-order valence-electron chi connectivity index (χ3n) is 2.84. The number of hydrogen-bond acceptors (Lipinski definition) is 5. The van der Waals surface area contributed by atoms with E-state index in [2.05, 4.69) is 31.0 Å². The molecule has 0 aliphatic heterocycles. The first-order valence-corrected chi connectivity index (χ1v) is 6.60. The van der Waals surface area contributed by atoms with Crippen molar-refractivity contribution in [1.82, 2.24) is 19.7 Å². The molecule has 0 fully saturated rings. The predicted molar refractivity (Wildman–Crippen MR) is 75.2 cm³/mol. The summed E-state index contributed by atoms with van der Waals surface area (Å²) >= 11 is 3.30. The highest BCUT2D eigenvalue weighted by Gasteiger charge is 2.17. The molecule has 3 aromatic rings. The highest BCUT2D eigenvalue weighted by atomic mass is 79.9. The monoisotopic (exact) mass is 347 g/mol. The van der Waals surface area contributed by atoms with Crippen molar-refractivity contribution < 1.29 is 9.13 Å². The van der Waals surface area contributed by atoms with E-state index in [0.29, 0.717) is 15.6 Å². The van der Waals surface area contributed by atoms with E-state index in [-0.39, 0.29) is 17.2 Å². The summed E-state index contributed by atoms with van der Waals surface area (Å²) < 4.78 is 21.2. The topological polar surface area (TPSA) is 76.6 Å². The molecule has 6 nitrogen and oxygen atoms in total. The number of halogens is 2. The van der Waals surface area contributed by atoms with Crippen LogP contribution in [-0.4, -0.2) is 19.7 Å². The second kappa shape index (κ2) is 5.10. The van der Waals surface area contributed by atoms with Gasteiger partial charge in [0, 0.05) is 7.05 Å². The van der Waals surface area contributed by atoms with Crippen LogP contribution in [0.25, 0.3) is 11.0 Å². The van der Waals surface area contributed by atoms with E-state index in [1.807, 2.05) is 0 Å². The first-order valence-electron chi connectivity index (χ1n) is 5.81. The summed E-state index contributed by atoms with van der Waals surface area (Å²) in [5, 5.41) is 13.7. The molecule has 0 saturated heterocycles. The van der Waals surface area contributed by atoms with E-state index in [4.69, 9.17) is 10.00 Å². The molecule has 0 unspecified atom stereocenters. The van der Waals surface area contributed by atoms with Crippen molar-refractivity contribution >= 4 is 27.0 Å². The molecule has 0 radical (unpaired) electrons.